The maximum absolute atomic E-state index is 12.2. The Balaban J connectivity index is 1.81. The molecule has 0 aliphatic carbocycles. The molecule has 2 heterocycles. The number of hydrogen-bond donors (Lipinski definition) is 2. The third-order valence-electron chi connectivity index (χ3n) is 3.17. The maximum Gasteiger partial charge on any atom is 0.320 e. The summed E-state index contributed by atoms with van der Waals surface area (Å²) in [4.78, 5) is 24.7. The van der Waals surface area contributed by atoms with Crippen molar-refractivity contribution in [3.63, 3.8) is 0 Å². The molecule has 1 aromatic heterocycles. The van der Waals surface area contributed by atoms with Crippen molar-refractivity contribution < 1.29 is 18.4 Å². The molecule has 1 saturated heterocycles. The molecule has 1 fully saturated rings. The number of likely N-dealkylation sites (tertiary alicyclic amines) is 1. The van der Waals surface area contributed by atoms with Gasteiger partial charge in [-0.15, -0.1) is 0 Å². The monoisotopic (exact) mass is 301 g/mol. The van der Waals surface area contributed by atoms with Crippen molar-refractivity contribution in [3.05, 3.63) is 12.3 Å². The SMILES string of the molecule is CN1C[C@H](NC(=O)Nc2ccn(CC(F)F)n2)CCC1=O. The van der Waals surface area contributed by atoms with Crippen molar-refractivity contribution in [1.82, 2.24) is 20.0 Å². The Morgan fingerprint density at radius 3 is 3.00 bits per heavy atom. The second-order valence-corrected chi connectivity index (χ2v) is 4.92. The number of alkyl halides is 2. The first-order valence-corrected chi connectivity index (χ1v) is 6.57. The van der Waals surface area contributed by atoms with Gasteiger partial charge >= 0.3 is 6.03 Å². The molecule has 1 aliphatic heterocycles. The fourth-order valence-corrected chi connectivity index (χ4v) is 2.14. The third kappa shape index (κ3) is 4.40. The first kappa shape index (κ1) is 15.2. The van der Waals surface area contributed by atoms with Gasteiger partial charge in [0.15, 0.2) is 5.82 Å². The van der Waals surface area contributed by atoms with Crippen LogP contribution < -0.4 is 10.6 Å². The Morgan fingerprint density at radius 1 is 1.57 bits per heavy atom. The number of nitrogens with one attached hydrogen (secondary N) is 2. The van der Waals surface area contributed by atoms with Gasteiger partial charge in [0, 0.05) is 38.3 Å². The maximum atomic E-state index is 12.2. The molecule has 0 spiro atoms. The standard InChI is InChI=1S/C12H17F2N5O2/c1-18-6-8(2-3-11(18)20)15-12(21)16-10-4-5-19(17-10)7-9(13)14/h4-5,8-9H,2-3,6-7H2,1H3,(H2,15,16,17,21)/t8-/m1/s1. The molecule has 7 nitrogen and oxygen atoms in total. The largest absolute Gasteiger partial charge is 0.344 e. The summed E-state index contributed by atoms with van der Waals surface area (Å²) in [6, 6.07) is 0.847. The van der Waals surface area contributed by atoms with Crippen LogP contribution in [0.4, 0.5) is 19.4 Å². The number of carbonyl (C=O) groups is 2. The number of carbonyl (C=O) groups excluding carboxylic acids is 2. The fraction of sp³-hybridized carbons (Fsp3) is 0.583. The first-order valence-electron chi connectivity index (χ1n) is 6.57. The van der Waals surface area contributed by atoms with Crippen LogP contribution in [-0.2, 0) is 11.3 Å². The summed E-state index contributed by atoms with van der Waals surface area (Å²) in [6.45, 7) is -0.0646. The Bertz CT molecular complexity index is 520. The molecule has 1 atom stereocenters. The van der Waals surface area contributed by atoms with Gasteiger partial charge in [0.25, 0.3) is 6.43 Å². The number of aromatic nitrogens is 2. The van der Waals surface area contributed by atoms with Crippen molar-refractivity contribution in [3.8, 4) is 0 Å². The minimum atomic E-state index is -2.50. The topological polar surface area (TPSA) is 79.3 Å². The number of nitrogens with zero attached hydrogens (tertiary/aromatic N) is 3. The Labute approximate surface area is 120 Å². The number of urea groups is 1. The molecule has 1 aliphatic rings. The number of hydrogen-bond acceptors (Lipinski definition) is 3. The van der Waals surface area contributed by atoms with E-state index in [2.05, 4.69) is 15.7 Å². The van der Waals surface area contributed by atoms with Crippen LogP contribution in [-0.4, -0.2) is 52.7 Å². The summed E-state index contributed by atoms with van der Waals surface area (Å²) in [6.07, 6.45) is -0.155. The molecule has 0 radical (unpaired) electrons. The van der Waals surface area contributed by atoms with Crippen molar-refractivity contribution >= 4 is 17.8 Å². The van der Waals surface area contributed by atoms with E-state index in [9.17, 15) is 18.4 Å². The summed E-state index contributed by atoms with van der Waals surface area (Å²) >= 11 is 0. The Morgan fingerprint density at radius 2 is 2.33 bits per heavy atom. The van der Waals surface area contributed by atoms with Gasteiger partial charge in [-0.2, -0.15) is 5.10 Å². The normalized spacial score (nSPS) is 19.0. The van der Waals surface area contributed by atoms with Gasteiger partial charge in [-0.1, -0.05) is 0 Å². The zero-order valence-electron chi connectivity index (χ0n) is 11.6. The Kier molecular flexibility index (Phi) is 4.71. The van der Waals surface area contributed by atoms with E-state index >= 15 is 0 Å². The number of likely N-dealkylation sites (N-methyl/N-ethyl adjacent to an activating group) is 1. The second kappa shape index (κ2) is 6.51. The van der Waals surface area contributed by atoms with Gasteiger partial charge in [0.05, 0.1) is 0 Å². The van der Waals surface area contributed by atoms with Crippen LogP contribution in [0.3, 0.4) is 0 Å². The van der Waals surface area contributed by atoms with E-state index < -0.39 is 19.0 Å². The van der Waals surface area contributed by atoms with E-state index in [0.29, 0.717) is 19.4 Å². The lowest BCUT2D eigenvalue weighted by Crippen LogP contribution is -2.49. The first-order chi connectivity index (χ1) is 9.94. The molecule has 9 heteroatoms. The molecule has 1 aromatic rings. The fourth-order valence-electron chi connectivity index (χ4n) is 2.14. The molecular weight excluding hydrogens is 284 g/mol. The summed E-state index contributed by atoms with van der Waals surface area (Å²) < 4.78 is 25.4. The number of anilines is 1. The lowest BCUT2D eigenvalue weighted by molar-refractivity contribution is -0.132. The van der Waals surface area contributed by atoms with Crippen LogP contribution in [0, 0.1) is 0 Å². The predicted octanol–water partition coefficient (Wildman–Crippen LogP) is 0.890. The smallest absolute Gasteiger partial charge is 0.320 e. The molecule has 2 N–H and O–H groups in total. The molecule has 2 rings (SSSR count). The molecule has 21 heavy (non-hydrogen) atoms. The number of piperidine rings is 1. The summed E-state index contributed by atoms with van der Waals surface area (Å²) in [5.41, 5.74) is 0. The van der Waals surface area contributed by atoms with Gasteiger partial charge < -0.3 is 10.2 Å². The zero-order valence-corrected chi connectivity index (χ0v) is 11.6. The highest BCUT2D eigenvalue weighted by Gasteiger charge is 2.24. The quantitative estimate of drug-likeness (QED) is 0.867. The highest BCUT2D eigenvalue weighted by Crippen LogP contribution is 2.10. The van der Waals surface area contributed by atoms with Crippen molar-refractivity contribution in [1.29, 1.82) is 0 Å². The van der Waals surface area contributed by atoms with Crippen molar-refractivity contribution in [2.24, 2.45) is 0 Å². The van der Waals surface area contributed by atoms with Crippen LogP contribution in [0.5, 0.6) is 0 Å². The van der Waals surface area contributed by atoms with Crippen LogP contribution in [0.15, 0.2) is 12.3 Å². The molecule has 3 amide bonds. The lowest BCUT2D eigenvalue weighted by atomic mass is 10.1. The molecule has 0 unspecified atom stereocenters. The molecule has 116 valence electrons. The Hall–Kier alpha value is -2.19. The van der Waals surface area contributed by atoms with Crippen LogP contribution in [0.2, 0.25) is 0 Å². The minimum Gasteiger partial charge on any atom is -0.344 e. The summed E-state index contributed by atoms with van der Waals surface area (Å²) in [5.74, 6) is 0.257. The summed E-state index contributed by atoms with van der Waals surface area (Å²) in [5, 5.41) is 9.02. The van der Waals surface area contributed by atoms with Gasteiger partial charge in [-0.05, 0) is 6.42 Å². The van der Waals surface area contributed by atoms with E-state index in [1.54, 1.807) is 11.9 Å². The van der Waals surface area contributed by atoms with E-state index in [1.807, 2.05) is 0 Å². The van der Waals surface area contributed by atoms with E-state index in [4.69, 9.17) is 0 Å². The zero-order chi connectivity index (χ0) is 15.4. The van der Waals surface area contributed by atoms with Crippen LogP contribution in [0.1, 0.15) is 12.8 Å². The van der Waals surface area contributed by atoms with Crippen molar-refractivity contribution in [2.75, 3.05) is 18.9 Å². The lowest BCUT2D eigenvalue weighted by Gasteiger charge is -2.29. The second-order valence-electron chi connectivity index (χ2n) is 4.92. The molecule has 0 saturated carbocycles. The van der Waals surface area contributed by atoms with E-state index in [0.717, 1.165) is 4.68 Å². The molecule has 0 bridgehead atoms. The van der Waals surface area contributed by atoms with Crippen LogP contribution in [0.25, 0.3) is 0 Å². The van der Waals surface area contributed by atoms with Gasteiger partial charge in [-0.3, -0.25) is 14.8 Å². The average Bonchev–Trinajstić information content (AvgIpc) is 2.80. The highest BCUT2D eigenvalue weighted by atomic mass is 19.3. The highest BCUT2D eigenvalue weighted by molar-refractivity contribution is 5.88. The number of amides is 3. The van der Waals surface area contributed by atoms with Gasteiger partial charge in [-0.25, -0.2) is 13.6 Å². The van der Waals surface area contributed by atoms with Gasteiger partial charge in [0.1, 0.15) is 6.54 Å². The molecular formula is C12H17F2N5O2. The van der Waals surface area contributed by atoms with E-state index in [-0.39, 0.29) is 17.8 Å². The number of rotatable bonds is 4. The van der Waals surface area contributed by atoms with Crippen LogP contribution >= 0.6 is 0 Å². The summed E-state index contributed by atoms with van der Waals surface area (Å²) in [7, 11) is 1.68. The molecule has 0 aromatic carbocycles. The minimum absolute atomic E-state index is 0.0548. The predicted molar refractivity (Wildman–Crippen MR) is 71.0 cm³/mol. The van der Waals surface area contributed by atoms with Crippen molar-refractivity contribution in [2.45, 2.75) is 31.9 Å². The number of halogens is 2. The average molecular weight is 301 g/mol. The van der Waals surface area contributed by atoms with Gasteiger partial charge in [0.2, 0.25) is 5.91 Å². The van der Waals surface area contributed by atoms with E-state index in [1.165, 1.54) is 12.3 Å². The third-order valence-corrected chi connectivity index (χ3v) is 3.17.